The number of aromatic nitrogens is 3. The van der Waals surface area contributed by atoms with E-state index in [-0.39, 0.29) is 5.91 Å². The number of amides is 1. The van der Waals surface area contributed by atoms with Crippen LogP contribution in [0.3, 0.4) is 0 Å². The van der Waals surface area contributed by atoms with Crippen molar-refractivity contribution in [1.29, 1.82) is 0 Å². The maximum Gasteiger partial charge on any atom is 0.435 e. The number of anilines is 1. The fraction of sp³-hybridized carbons (Fsp3) is 0.556. The number of hydrogen-bond donors (Lipinski definition) is 1. The number of carbonyl (C=O) groups is 2. The second-order valence-corrected chi connectivity index (χ2v) is 9.81. The largest absolute Gasteiger partial charge is 0.442 e. The number of ether oxygens (including phenoxy) is 1. The number of rotatable bonds is 4. The Morgan fingerprint density at radius 3 is 2.52 bits per heavy atom. The standard InChI is InChI=1S/C18H21BrN4O3S/c1-18(2,3)26-17(25)23-8-11(9-4-5-9)14(22-23)21-15(24)12-13(19)20-16(27-12)10-6-7-10/h8-10H,4-7H2,1-3H3,(H,21,22,24). The van der Waals surface area contributed by atoms with Gasteiger partial charge in [-0.3, -0.25) is 4.79 Å². The zero-order chi connectivity index (χ0) is 19.3. The molecule has 2 heterocycles. The molecule has 0 unspecified atom stereocenters. The summed E-state index contributed by atoms with van der Waals surface area (Å²) < 4.78 is 7.10. The monoisotopic (exact) mass is 452 g/mol. The summed E-state index contributed by atoms with van der Waals surface area (Å²) in [5.41, 5.74) is 0.260. The van der Waals surface area contributed by atoms with Crippen molar-refractivity contribution < 1.29 is 14.3 Å². The third-order valence-electron chi connectivity index (χ3n) is 4.31. The molecule has 27 heavy (non-hydrogen) atoms. The highest BCUT2D eigenvalue weighted by atomic mass is 79.9. The van der Waals surface area contributed by atoms with Gasteiger partial charge in [0.05, 0.1) is 5.01 Å². The Balaban J connectivity index is 1.55. The Morgan fingerprint density at radius 1 is 1.26 bits per heavy atom. The Bertz CT molecular complexity index is 906. The van der Waals surface area contributed by atoms with Crippen LogP contribution in [0.1, 0.15) is 78.5 Å². The zero-order valence-corrected chi connectivity index (χ0v) is 17.8. The van der Waals surface area contributed by atoms with Gasteiger partial charge in [-0.15, -0.1) is 16.4 Å². The molecule has 2 saturated carbocycles. The number of thiazole rings is 1. The maximum atomic E-state index is 12.8. The van der Waals surface area contributed by atoms with E-state index in [2.05, 4.69) is 31.3 Å². The molecule has 2 aliphatic carbocycles. The summed E-state index contributed by atoms with van der Waals surface area (Å²) >= 11 is 4.80. The number of hydrogen-bond acceptors (Lipinski definition) is 6. The van der Waals surface area contributed by atoms with Crippen molar-refractivity contribution in [2.24, 2.45) is 0 Å². The van der Waals surface area contributed by atoms with Crippen LogP contribution in [0.2, 0.25) is 0 Å². The lowest BCUT2D eigenvalue weighted by Gasteiger charge is -2.18. The molecule has 4 rings (SSSR count). The van der Waals surface area contributed by atoms with Crippen molar-refractivity contribution >= 4 is 45.1 Å². The summed E-state index contributed by atoms with van der Waals surface area (Å²) in [5, 5.41) is 8.14. The van der Waals surface area contributed by atoms with Gasteiger partial charge < -0.3 is 10.1 Å². The van der Waals surface area contributed by atoms with Gasteiger partial charge in [-0.05, 0) is 68.3 Å². The molecular weight excluding hydrogens is 432 g/mol. The first-order valence-electron chi connectivity index (χ1n) is 9.02. The number of carbonyl (C=O) groups excluding carboxylic acids is 2. The van der Waals surface area contributed by atoms with Gasteiger partial charge >= 0.3 is 6.09 Å². The van der Waals surface area contributed by atoms with Gasteiger partial charge in [-0.25, -0.2) is 9.78 Å². The first-order valence-corrected chi connectivity index (χ1v) is 10.6. The van der Waals surface area contributed by atoms with Crippen molar-refractivity contribution in [3.05, 3.63) is 26.2 Å². The predicted molar refractivity (Wildman–Crippen MR) is 106 cm³/mol. The molecule has 1 amide bonds. The molecule has 2 fully saturated rings. The summed E-state index contributed by atoms with van der Waals surface area (Å²) in [7, 11) is 0. The second-order valence-electron chi connectivity index (χ2n) is 8.03. The number of nitrogens with one attached hydrogen (secondary N) is 1. The van der Waals surface area contributed by atoms with Gasteiger partial charge in [-0.2, -0.15) is 4.68 Å². The van der Waals surface area contributed by atoms with Crippen molar-refractivity contribution in [3.63, 3.8) is 0 Å². The highest BCUT2D eigenvalue weighted by Crippen LogP contribution is 2.45. The van der Waals surface area contributed by atoms with Crippen LogP contribution in [-0.4, -0.2) is 32.4 Å². The smallest absolute Gasteiger partial charge is 0.435 e. The molecule has 9 heteroatoms. The van der Waals surface area contributed by atoms with Crippen LogP contribution in [0, 0.1) is 0 Å². The minimum absolute atomic E-state index is 0.261. The average molecular weight is 453 g/mol. The first-order chi connectivity index (χ1) is 12.7. The molecule has 0 radical (unpaired) electrons. The van der Waals surface area contributed by atoms with Crippen molar-refractivity contribution in [1.82, 2.24) is 14.8 Å². The first kappa shape index (κ1) is 18.6. The van der Waals surface area contributed by atoms with Gasteiger partial charge in [-0.1, -0.05) is 0 Å². The minimum Gasteiger partial charge on any atom is -0.442 e. The molecular formula is C18H21BrN4O3S. The molecule has 7 nitrogen and oxygen atoms in total. The lowest BCUT2D eigenvalue weighted by atomic mass is 10.2. The van der Waals surface area contributed by atoms with Gasteiger partial charge in [0.25, 0.3) is 5.91 Å². The van der Waals surface area contributed by atoms with Crippen LogP contribution in [0.15, 0.2) is 10.8 Å². The lowest BCUT2D eigenvalue weighted by molar-refractivity contribution is 0.0514. The molecule has 0 atom stereocenters. The van der Waals surface area contributed by atoms with Crippen LogP contribution < -0.4 is 5.32 Å². The SMILES string of the molecule is CC(C)(C)OC(=O)n1cc(C2CC2)c(NC(=O)c2sc(C3CC3)nc2Br)n1. The van der Waals surface area contributed by atoms with E-state index in [1.807, 2.05) is 0 Å². The third-order valence-corrected chi connectivity index (χ3v) is 6.36. The van der Waals surface area contributed by atoms with Crippen molar-refractivity contribution in [2.75, 3.05) is 5.32 Å². The molecule has 0 aliphatic heterocycles. The van der Waals surface area contributed by atoms with E-state index >= 15 is 0 Å². The van der Waals surface area contributed by atoms with Gasteiger partial charge in [0.1, 0.15) is 15.1 Å². The van der Waals surface area contributed by atoms with E-state index in [0.29, 0.717) is 27.1 Å². The minimum atomic E-state index is -0.612. The topological polar surface area (TPSA) is 86.1 Å². The van der Waals surface area contributed by atoms with E-state index in [0.717, 1.165) is 36.3 Å². The highest BCUT2D eigenvalue weighted by molar-refractivity contribution is 9.10. The van der Waals surface area contributed by atoms with E-state index in [1.54, 1.807) is 27.0 Å². The lowest BCUT2D eigenvalue weighted by Crippen LogP contribution is -2.27. The number of nitrogens with zero attached hydrogens (tertiary/aromatic N) is 3. The molecule has 1 N–H and O–H groups in total. The quantitative estimate of drug-likeness (QED) is 0.712. The van der Waals surface area contributed by atoms with Gasteiger partial charge in [0, 0.05) is 17.7 Å². The molecule has 2 aromatic heterocycles. The van der Waals surface area contributed by atoms with Crippen LogP contribution in [-0.2, 0) is 4.74 Å². The molecule has 0 saturated heterocycles. The van der Waals surface area contributed by atoms with Crippen molar-refractivity contribution in [3.8, 4) is 0 Å². The predicted octanol–water partition coefficient (Wildman–Crippen LogP) is 4.89. The molecule has 144 valence electrons. The van der Waals surface area contributed by atoms with Gasteiger partial charge in [0.15, 0.2) is 5.82 Å². The van der Waals surface area contributed by atoms with Crippen LogP contribution in [0.4, 0.5) is 10.6 Å². The van der Waals surface area contributed by atoms with Crippen molar-refractivity contribution in [2.45, 2.75) is 63.9 Å². The number of halogens is 1. The second kappa shape index (κ2) is 6.70. The molecule has 2 aromatic rings. The normalized spacial score (nSPS) is 17.0. The average Bonchev–Trinajstić information content (AvgIpc) is 3.49. The summed E-state index contributed by atoms with van der Waals surface area (Å²) in [6.45, 7) is 5.41. The Morgan fingerprint density at radius 2 is 1.93 bits per heavy atom. The van der Waals surface area contributed by atoms with E-state index in [4.69, 9.17) is 4.74 Å². The molecule has 2 aliphatic rings. The van der Waals surface area contributed by atoms with E-state index in [1.165, 1.54) is 16.0 Å². The highest BCUT2D eigenvalue weighted by Gasteiger charge is 2.33. The summed E-state index contributed by atoms with van der Waals surface area (Å²) in [4.78, 5) is 30.1. The Kier molecular flexibility index (Phi) is 4.62. The summed E-state index contributed by atoms with van der Waals surface area (Å²) in [6, 6.07) is 0. The van der Waals surface area contributed by atoms with E-state index < -0.39 is 11.7 Å². The fourth-order valence-corrected chi connectivity index (χ4v) is 4.46. The third kappa shape index (κ3) is 4.24. The molecule has 0 bridgehead atoms. The fourth-order valence-electron chi connectivity index (χ4n) is 2.71. The molecule has 0 spiro atoms. The summed E-state index contributed by atoms with van der Waals surface area (Å²) in [5.74, 6) is 0.967. The van der Waals surface area contributed by atoms with Crippen LogP contribution in [0.5, 0.6) is 0 Å². The zero-order valence-electron chi connectivity index (χ0n) is 15.4. The Hall–Kier alpha value is -1.74. The summed E-state index contributed by atoms with van der Waals surface area (Å²) in [6.07, 6.45) is 5.43. The van der Waals surface area contributed by atoms with E-state index in [9.17, 15) is 9.59 Å². The molecule has 0 aromatic carbocycles. The van der Waals surface area contributed by atoms with Crippen LogP contribution in [0.25, 0.3) is 0 Å². The Labute approximate surface area is 169 Å². The van der Waals surface area contributed by atoms with Crippen LogP contribution >= 0.6 is 27.3 Å². The van der Waals surface area contributed by atoms with Gasteiger partial charge in [0.2, 0.25) is 0 Å². The maximum absolute atomic E-state index is 12.8.